The lowest BCUT2D eigenvalue weighted by molar-refractivity contribution is 0.261. The predicted octanol–water partition coefficient (Wildman–Crippen LogP) is 4.20. The second kappa shape index (κ2) is 9.14. The zero-order valence-corrected chi connectivity index (χ0v) is 22.6. The van der Waals surface area contributed by atoms with E-state index < -0.39 is 5.82 Å². The first-order valence-electron chi connectivity index (χ1n) is 14.4. The standard InChI is InChI=1S/C33H29FN6O/c1-2-20-6-3-7-21-14-24(41)16-25(28(20)21)30-29(34)31-26(18-36-30)32(40-19-22-15-23(40)17-35-22)38-27(37-31)8-11-33-9-4-12-39(33)13-5-10-33/h1,3,6-7,14,16,18,22-23,35,41H,4-5,9-10,12-13,15,17,19H2/t22-,23-/m1/s1. The maximum atomic E-state index is 16.7. The van der Waals surface area contributed by atoms with E-state index in [1.165, 1.54) is 6.07 Å². The summed E-state index contributed by atoms with van der Waals surface area (Å²) in [5.41, 5.74) is 1.18. The molecule has 41 heavy (non-hydrogen) atoms. The van der Waals surface area contributed by atoms with Gasteiger partial charge in [0.1, 0.15) is 22.8 Å². The molecular weight excluding hydrogens is 515 g/mol. The number of fused-ring (bicyclic) bond motifs is 5. The minimum Gasteiger partial charge on any atom is -0.508 e. The lowest BCUT2D eigenvalue weighted by Crippen LogP contribution is -2.44. The average Bonchev–Trinajstić information content (AvgIpc) is 3.77. The fraction of sp³-hybridized carbons (Fsp3) is 0.364. The van der Waals surface area contributed by atoms with Crippen LogP contribution in [0.3, 0.4) is 0 Å². The van der Waals surface area contributed by atoms with Gasteiger partial charge in [0.2, 0.25) is 5.82 Å². The number of terminal acetylenes is 1. The molecular formula is C33H29FN6O. The van der Waals surface area contributed by atoms with Gasteiger partial charge in [0.15, 0.2) is 5.82 Å². The number of anilines is 1. The number of hydrogen-bond acceptors (Lipinski definition) is 7. The van der Waals surface area contributed by atoms with E-state index in [1.807, 2.05) is 12.1 Å². The minimum absolute atomic E-state index is 0.00966. The number of rotatable bonds is 2. The van der Waals surface area contributed by atoms with Gasteiger partial charge in [-0.2, -0.15) is 0 Å². The van der Waals surface area contributed by atoms with Crippen LogP contribution in [0.15, 0.2) is 36.5 Å². The van der Waals surface area contributed by atoms with Gasteiger partial charge in [-0.3, -0.25) is 9.88 Å². The third kappa shape index (κ3) is 3.79. The Labute approximate surface area is 237 Å². The van der Waals surface area contributed by atoms with Gasteiger partial charge in [0, 0.05) is 47.9 Å². The number of piperazine rings is 1. The Hall–Kier alpha value is -4.24. The number of aromatic hydroxyl groups is 1. The monoisotopic (exact) mass is 544 g/mol. The summed E-state index contributed by atoms with van der Waals surface area (Å²) >= 11 is 0. The number of phenols is 1. The Morgan fingerprint density at radius 1 is 1.15 bits per heavy atom. The van der Waals surface area contributed by atoms with Gasteiger partial charge < -0.3 is 15.3 Å². The van der Waals surface area contributed by atoms with Crippen LogP contribution in [0.2, 0.25) is 0 Å². The Kier molecular flexibility index (Phi) is 5.47. The Balaban J connectivity index is 1.34. The number of nitrogens with one attached hydrogen (secondary N) is 1. The summed E-state index contributed by atoms with van der Waals surface area (Å²) in [6, 6.07) is 9.29. The third-order valence-electron chi connectivity index (χ3n) is 9.41. The van der Waals surface area contributed by atoms with Crippen LogP contribution >= 0.6 is 0 Å². The summed E-state index contributed by atoms with van der Waals surface area (Å²) in [4.78, 5) is 19.0. The van der Waals surface area contributed by atoms with E-state index in [-0.39, 0.29) is 28.5 Å². The zero-order chi connectivity index (χ0) is 27.7. The predicted molar refractivity (Wildman–Crippen MR) is 157 cm³/mol. The number of halogens is 1. The topological polar surface area (TPSA) is 77.4 Å². The lowest BCUT2D eigenvalue weighted by Gasteiger charge is -2.29. The fourth-order valence-electron chi connectivity index (χ4n) is 7.53. The van der Waals surface area contributed by atoms with Crippen LogP contribution in [-0.2, 0) is 0 Å². The van der Waals surface area contributed by atoms with E-state index >= 15 is 4.39 Å². The van der Waals surface area contributed by atoms with Gasteiger partial charge in [0.25, 0.3) is 0 Å². The molecule has 2 bridgehead atoms. The summed E-state index contributed by atoms with van der Waals surface area (Å²) < 4.78 is 16.7. The van der Waals surface area contributed by atoms with Crippen molar-refractivity contribution in [2.75, 3.05) is 31.1 Å². The van der Waals surface area contributed by atoms with E-state index in [1.54, 1.807) is 18.3 Å². The van der Waals surface area contributed by atoms with Gasteiger partial charge >= 0.3 is 0 Å². The van der Waals surface area contributed by atoms with Crippen molar-refractivity contribution in [1.29, 1.82) is 0 Å². The molecule has 0 radical (unpaired) electrons. The number of pyridine rings is 1. The summed E-state index contributed by atoms with van der Waals surface area (Å²) in [5.74, 6) is 9.96. The van der Waals surface area contributed by atoms with Crippen LogP contribution in [0.25, 0.3) is 32.9 Å². The van der Waals surface area contributed by atoms with Crippen molar-refractivity contribution in [2.24, 2.45) is 0 Å². The number of aromatic nitrogens is 3. The first-order valence-corrected chi connectivity index (χ1v) is 14.4. The summed E-state index contributed by atoms with van der Waals surface area (Å²) in [7, 11) is 0. The largest absolute Gasteiger partial charge is 0.508 e. The molecule has 8 heteroatoms. The zero-order valence-electron chi connectivity index (χ0n) is 22.6. The van der Waals surface area contributed by atoms with Crippen molar-refractivity contribution in [3.63, 3.8) is 0 Å². The molecule has 2 aromatic heterocycles. The third-order valence-corrected chi connectivity index (χ3v) is 9.41. The van der Waals surface area contributed by atoms with E-state index in [9.17, 15) is 5.11 Å². The molecule has 2 atom stereocenters. The van der Waals surface area contributed by atoms with Crippen molar-refractivity contribution < 1.29 is 9.50 Å². The summed E-state index contributed by atoms with van der Waals surface area (Å²) in [5, 5.41) is 16.0. The summed E-state index contributed by atoms with van der Waals surface area (Å²) in [6.07, 6.45) is 12.9. The quantitative estimate of drug-likeness (QED) is 0.367. The molecule has 4 fully saturated rings. The molecule has 4 aliphatic rings. The highest BCUT2D eigenvalue weighted by Crippen LogP contribution is 2.40. The SMILES string of the molecule is C#Cc1cccc2cc(O)cc(-c3ncc4c(N5C[C@H]6C[C@@H]5CN6)nc(C#CC56CCCN5CCC6)nc4c3F)c12. The van der Waals surface area contributed by atoms with Gasteiger partial charge in [-0.05, 0) is 74.7 Å². The van der Waals surface area contributed by atoms with Crippen molar-refractivity contribution in [2.45, 2.75) is 49.7 Å². The molecule has 0 amide bonds. The van der Waals surface area contributed by atoms with Crippen LogP contribution < -0.4 is 10.2 Å². The Bertz CT molecular complexity index is 1840. The maximum absolute atomic E-state index is 16.7. The van der Waals surface area contributed by atoms with Gasteiger partial charge in [-0.15, -0.1) is 6.42 Å². The first kappa shape index (κ1) is 24.5. The molecule has 8 rings (SSSR count). The highest BCUT2D eigenvalue weighted by atomic mass is 19.1. The molecule has 0 unspecified atom stereocenters. The first-order chi connectivity index (χ1) is 20.0. The molecule has 6 heterocycles. The Morgan fingerprint density at radius 2 is 2.00 bits per heavy atom. The maximum Gasteiger partial charge on any atom is 0.207 e. The second-order valence-corrected chi connectivity index (χ2v) is 11.7. The van der Waals surface area contributed by atoms with Crippen LogP contribution in [-0.4, -0.2) is 68.8 Å². The van der Waals surface area contributed by atoms with Crippen LogP contribution in [0.1, 0.15) is 43.5 Å². The van der Waals surface area contributed by atoms with E-state index in [2.05, 4.69) is 37.9 Å². The molecule has 4 aliphatic heterocycles. The van der Waals surface area contributed by atoms with Gasteiger partial charge in [-0.25, -0.2) is 14.4 Å². The van der Waals surface area contributed by atoms with E-state index in [4.69, 9.17) is 16.4 Å². The lowest BCUT2D eigenvalue weighted by atomic mass is 9.95. The van der Waals surface area contributed by atoms with Gasteiger partial charge in [-0.1, -0.05) is 24.0 Å². The van der Waals surface area contributed by atoms with Crippen LogP contribution in [0.4, 0.5) is 10.2 Å². The molecule has 4 saturated heterocycles. The van der Waals surface area contributed by atoms with Crippen LogP contribution in [0, 0.1) is 30.0 Å². The number of benzene rings is 2. The second-order valence-electron chi connectivity index (χ2n) is 11.7. The highest BCUT2D eigenvalue weighted by Gasteiger charge is 2.43. The molecule has 0 spiro atoms. The smallest absolute Gasteiger partial charge is 0.207 e. The van der Waals surface area contributed by atoms with E-state index in [0.29, 0.717) is 45.0 Å². The number of nitrogens with zero attached hydrogens (tertiary/aromatic N) is 5. The fourth-order valence-corrected chi connectivity index (χ4v) is 7.53. The molecule has 204 valence electrons. The molecule has 4 aromatic rings. The average molecular weight is 545 g/mol. The van der Waals surface area contributed by atoms with Crippen molar-refractivity contribution in [3.8, 4) is 41.2 Å². The molecule has 7 nitrogen and oxygen atoms in total. The van der Waals surface area contributed by atoms with Crippen molar-refractivity contribution >= 4 is 27.5 Å². The minimum atomic E-state index is -0.572. The molecule has 0 aliphatic carbocycles. The Morgan fingerprint density at radius 3 is 2.76 bits per heavy atom. The highest BCUT2D eigenvalue weighted by molar-refractivity contribution is 6.02. The van der Waals surface area contributed by atoms with Crippen LogP contribution in [0.5, 0.6) is 5.75 Å². The summed E-state index contributed by atoms with van der Waals surface area (Å²) in [6.45, 7) is 3.81. The normalized spacial score (nSPS) is 22.7. The number of hydrogen-bond donors (Lipinski definition) is 2. The van der Waals surface area contributed by atoms with Crippen molar-refractivity contribution in [3.05, 3.63) is 53.7 Å². The molecule has 2 N–H and O–H groups in total. The van der Waals surface area contributed by atoms with Crippen molar-refractivity contribution in [1.82, 2.24) is 25.2 Å². The molecule has 2 aromatic carbocycles. The molecule has 0 saturated carbocycles. The van der Waals surface area contributed by atoms with E-state index in [0.717, 1.165) is 58.3 Å². The number of phenolic OH excluding ortho intramolecular Hbond substituents is 1. The van der Waals surface area contributed by atoms with Gasteiger partial charge in [0.05, 0.1) is 10.9 Å².